The third-order valence-electron chi connectivity index (χ3n) is 6.55. The van der Waals surface area contributed by atoms with Crippen LogP contribution in [0.1, 0.15) is 41.8 Å². The second-order valence-electron chi connectivity index (χ2n) is 9.13. The van der Waals surface area contributed by atoms with Crippen molar-refractivity contribution < 1.29 is 18.4 Å². The third kappa shape index (κ3) is 6.11. The second-order valence-corrected chi connectivity index (χ2v) is 9.54. The van der Waals surface area contributed by atoms with Crippen molar-refractivity contribution in [3.63, 3.8) is 0 Å². The van der Waals surface area contributed by atoms with Gasteiger partial charge in [-0.1, -0.05) is 54.9 Å². The summed E-state index contributed by atoms with van der Waals surface area (Å²) in [7, 11) is 0. The molecule has 0 N–H and O–H groups in total. The number of nitrogens with zero attached hydrogens (tertiary/aromatic N) is 2. The number of amides is 2. The maximum Gasteiger partial charge on any atom is 0.256 e. The van der Waals surface area contributed by atoms with Gasteiger partial charge < -0.3 is 14.2 Å². The highest BCUT2D eigenvalue weighted by Crippen LogP contribution is 2.20. The largest absolute Gasteiger partial charge is 0.464 e. The van der Waals surface area contributed by atoms with E-state index in [-0.39, 0.29) is 42.9 Å². The van der Waals surface area contributed by atoms with Gasteiger partial charge >= 0.3 is 0 Å². The fourth-order valence-electron chi connectivity index (χ4n) is 4.16. The molecule has 0 spiro atoms. The molecule has 4 aromatic rings. The smallest absolute Gasteiger partial charge is 0.256 e. The lowest BCUT2D eigenvalue weighted by molar-refractivity contribution is -0.133. The molecule has 0 saturated heterocycles. The van der Waals surface area contributed by atoms with Crippen molar-refractivity contribution in [1.82, 2.24) is 9.80 Å². The average Bonchev–Trinajstić information content (AvgIpc) is 2.93. The van der Waals surface area contributed by atoms with E-state index >= 15 is 0 Å². The van der Waals surface area contributed by atoms with Crippen molar-refractivity contribution >= 4 is 34.4 Å². The molecule has 0 saturated carbocycles. The molecule has 1 aromatic heterocycles. The fraction of sp³-hybridized carbons (Fsp3) is 0.233. The van der Waals surface area contributed by atoms with E-state index in [0.29, 0.717) is 39.1 Å². The van der Waals surface area contributed by atoms with Gasteiger partial charge in [0.25, 0.3) is 5.91 Å². The summed E-state index contributed by atoms with van der Waals surface area (Å²) >= 11 is 6.28. The van der Waals surface area contributed by atoms with E-state index in [1.807, 2.05) is 13.8 Å². The molecule has 6 nitrogen and oxygen atoms in total. The van der Waals surface area contributed by atoms with Crippen LogP contribution in [0.15, 0.2) is 88.3 Å². The summed E-state index contributed by atoms with van der Waals surface area (Å²) in [5.41, 5.74) is 1.49. The van der Waals surface area contributed by atoms with Crippen molar-refractivity contribution in [1.29, 1.82) is 0 Å². The minimum Gasteiger partial charge on any atom is -0.464 e. The predicted octanol–water partition coefficient (Wildman–Crippen LogP) is 6.06. The molecule has 196 valence electrons. The Kier molecular flexibility index (Phi) is 8.59. The number of carbonyl (C=O) groups excluding carboxylic acids is 2. The monoisotopic (exact) mass is 534 g/mol. The van der Waals surface area contributed by atoms with Crippen molar-refractivity contribution in [2.75, 3.05) is 6.54 Å². The zero-order valence-electron chi connectivity index (χ0n) is 21.2. The van der Waals surface area contributed by atoms with Gasteiger partial charge in [-0.25, -0.2) is 4.39 Å². The van der Waals surface area contributed by atoms with Gasteiger partial charge in [-0.15, -0.1) is 0 Å². The maximum absolute atomic E-state index is 13.7. The lowest BCUT2D eigenvalue weighted by atomic mass is 10.1. The molecule has 4 rings (SSSR count). The lowest BCUT2D eigenvalue weighted by Crippen LogP contribution is -2.46. The highest BCUT2D eigenvalue weighted by molar-refractivity contribution is 6.33. The maximum atomic E-state index is 13.7. The summed E-state index contributed by atoms with van der Waals surface area (Å²) in [5, 5.41) is 0.713. The molecule has 0 aliphatic heterocycles. The SMILES string of the molecule is CCC(C)N(CC(=O)N(Cc1ccc(F)cc1)Cc1coc2ccccc2c1=O)C(=O)c1ccccc1Cl. The molecule has 2 amide bonds. The number of para-hydroxylation sites is 1. The molecule has 3 aromatic carbocycles. The standard InChI is InChI=1S/C30H28ClFN2O4/c1-3-20(2)34(30(37)24-8-4-6-10-26(24)31)18-28(35)33(16-21-12-14-23(32)15-13-21)17-22-19-38-27-11-7-5-9-25(27)29(22)36/h4-15,19-20H,3,16-18H2,1-2H3. The van der Waals surface area contributed by atoms with E-state index in [0.717, 1.165) is 0 Å². The molecule has 1 atom stereocenters. The van der Waals surface area contributed by atoms with Crippen LogP contribution < -0.4 is 5.43 Å². The molecule has 0 bridgehead atoms. The zero-order chi connectivity index (χ0) is 27.2. The molecule has 0 radical (unpaired) electrons. The Morgan fingerprint density at radius 1 is 0.974 bits per heavy atom. The van der Waals surface area contributed by atoms with E-state index in [4.69, 9.17) is 16.0 Å². The molecular formula is C30H28ClFN2O4. The van der Waals surface area contributed by atoms with Crippen LogP contribution in [-0.2, 0) is 17.9 Å². The first-order chi connectivity index (χ1) is 18.3. The highest BCUT2D eigenvalue weighted by Gasteiger charge is 2.27. The summed E-state index contributed by atoms with van der Waals surface area (Å²) in [6.45, 7) is 3.64. The van der Waals surface area contributed by atoms with Gasteiger partial charge in [0.15, 0.2) is 5.43 Å². The minimum atomic E-state index is -0.393. The van der Waals surface area contributed by atoms with Gasteiger partial charge in [0.2, 0.25) is 5.91 Å². The second kappa shape index (κ2) is 12.0. The summed E-state index contributed by atoms with van der Waals surface area (Å²) < 4.78 is 19.2. The molecule has 8 heteroatoms. The number of fused-ring (bicyclic) bond motifs is 1. The van der Waals surface area contributed by atoms with Crippen LogP contribution in [0.5, 0.6) is 0 Å². The number of halogens is 2. The van der Waals surface area contributed by atoms with Gasteiger partial charge in [0, 0.05) is 12.6 Å². The van der Waals surface area contributed by atoms with Crippen LogP contribution in [0.3, 0.4) is 0 Å². The van der Waals surface area contributed by atoms with Gasteiger partial charge in [-0.2, -0.15) is 0 Å². The van der Waals surface area contributed by atoms with Crippen molar-refractivity contribution in [2.45, 2.75) is 39.4 Å². The van der Waals surface area contributed by atoms with E-state index in [9.17, 15) is 18.8 Å². The highest BCUT2D eigenvalue weighted by atomic mass is 35.5. The Hall–Kier alpha value is -3.97. The van der Waals surface area contributed by atoms with Gasteiger partial charge in [-0.3, -0.25) is 14.4 Å². The molecule has 0 aliphatic carbocycles. The fourth-order valence-corrected chi connectivity index (χ4v) is 4.38. The number of rotatable bonds is 9. The Bertz CT molecular complexity index is 1500. The van der Waals surface area contributed by atoms with Crippen molar-refractivity contribution in [3.8, 4) is 0 Å². The van der Waals surface area contributed by atoms with E-state index < -0.39 is 5.82 Å². The zero-order valence-corrected chi connectivity index (χ0v) is 22.0. The normalized spacial score (nSPS) is 11.8. The summed E-state index contributed by atoms with van der Waals surface area (Å²) in [6.07, 6.45) is 1.98. The van der Waals surface area contributed by atoms with Crippen molar-refractivity contribution in [3.05, 3.63) is 117 Å². The summed E-state index contributed by atoms with van der Waals surface area (Å²) in [5.74, 6) is -1.12. The van der Waals surface area contributed by atoms with E-state index in [1.54, 1.807) is 60.7 Å². The Morgan fingerprint density at radius 3 is 2.37 bits per heavy atom. The predicted molar refractivity (Wildman–Crippen MR) is 145 cm³/mol. The number of carbonyl (C=O) groups is 2. The Morgan fingerprint density at radius 2 is 1.66 bits per heavy atom. The van der Waals surface area contributed by atoms with Crippen LogP contribution in [0.25, 0.3) is 11.0 Å². The van der Waals surface area contributed by atoms with Gasteiger partial charge in [0.05, 0.1) is 34.3 Å². The molecule has 0 aliphatic rings. The van der Waals surface area contributed by atoms with Crippen LogP contribution in [0.4, 0.5) is 4.39 Å². The number of hydrogen-bond donors (Lipinski definition) is 0. The van der Waals surface area contributed by atoms with Crippen LogP contribution in [-0.4, -0.2) is 34.2 Å². The number of benzene rings is 3. The summed E-state index contributed by atoms with van der Waals surface area (Å²) in [4.78, 5) is 43.3. The first-order valence-corrected chi connectivity index (χ1v) is 12.7. The topological polar surface area (TPSA) is 70.8 Å². The van der Waals surface area contributed by atoms with Gasteiger partial charge in [-0.05, 0) is 55.3 Å². The molecule has 1 heterocycles. The Labute approximate surface area is 225 Å². The third-order valence-corrected chi connectivity index (χ3v) is 6.88. The molecule has 0 fully saturated rings. The lowest BCUT2D eigenvalue weighted by Gasteiger charge is -2.31. The molecule has 38 heavy (non-hydrogen) atoms. The van der Waals surface area contributed by atoms with Crippen LogP contribution >= 0.6 is 11.6 Å². The first kappa shape index (κ1) is 27.1. The van der Waals surface area contributed by atoms with E-state index in [1.165, 1.54) is 28.2 Å². The molecular weight excluding hydrogens is 507 g/mol. The first-order valence-electron chi connectivity index (χ1n) is 12.4. The average molecular weight is 535 g/mol. The van der Waals surface area contributed by atoms with Crippen LogP contribution in [0, 0.1) is 5.82 Å². The van der Waals surface area contributed by atoms with Crippen LogP contribution in [0.2, 0.25) is 5.02 Å². The Balaban J connectivity index is 1.66. The quantitative estimate of drug-likeness (QED) is 0.262. The van der Waals surface area contributed by atoms with Crippen molar-refractivity contribution in [2.24, 2.45) is 0 Å². The minimum absolute atomic E-state index is 0.0436. The van der Waals surface area contributed by atoms with E-state index in [2.05, 4.69) is 0 Å². The number of hydrogen-bond acceptors (Lipinski definition) is 4. The summed E-state index contributed by atoms with van der Waals surface area (Å²) in [6, 6.07) is 19.1. The van der Waals surface area contributed by atoms with Gasteiger partial charge in [0.1, 0.15) is 17.9 Å². The molecule has 1 unspecified atom stereocenters.